The summed E-state index contributed by atoms with van der Waals surface area (Å²) in [6, 6.07) is 15.7. The fourth-order valence-corrected chi connectivity index (χ4v) is 4.83. The molecule has 1 aromatic heterocycles. The van der Waals surface area contributed by atoms with Crippen molar-refractivity contribution in [1.82, 2.24) is 14.8 Å². The molecule has 0 radical (unpaired) electrons. The third kappa shape index (κ3) is 4.81. The minimum atomic E-state index is -4.67. The highest BCUT2D eigenvalue weighted by Gasteiger charge is 2.37. The first-order valence-corrected chi connectivity index (χ1v) is 12.0. The van der Waals surface area contributed by atoms with Gasteiger partial charge in [-0.05, 0) is 54.4 Å². The molecule has 190 valence electrons. The molecule has 9 heteroatoms. The van der Waals surface area contributed by atoms with Gasteiger partial charge >= 0.3 is 6.18 Å². The number of carbonyl (C=O) groups is 2. The van der Waals surface area contributed by atoms with Gasteiger partial charge in [-0.15, -0.1) is 0 Å². The Bertz CT molecular complexity index is 1380. The number of nitrogens with zero attached hydrogens (tertiary/aromatic N) is 4. The van der Waals surface area contributed by atoms with Crippen molar-refractivity contribution in [3.8, 4) is 0 Å². The molecular formula is C28H25F3N4O2. The largest absolute Gasteiger partial charge is 0.418 e. The molecule has 2 aliphatic heterocycles. The third-order valence-electron chi connectivity index (χ3n) is 6.72. The number of aromatic nitrogens is 1. The summed E-state index contributed by atoms with van der Waals surface area (Å²) >= 11 is 0. The summed E-state index contributed by atoms with van der Waals surface area (Å²) in [7, 11) is 0. The smallest absolute Gasteiger partial charge is 0.337 e. The van der Waals surface area contributed by atoms with Crippen molar-refractivity contribution in [1.29, 1.82) is 0 Å². The van der Waals surface area contributed by atoms with E-state index < -0.39 is 23.3 Å². The quantitative estimate of drug-likeness (QED) is 0.492. The van der Waals surface area contributed by atoms with Gasteiger partial charge in [-0.3, -0.25) is 14.6 Å². The molecule has 5 rings (SSSR count). The van der Waals surface area contributed by atoms with Crippen LogP contribution in [0, 0.1) is 6.92 Å². The Morgan fingerprint density at radius 2 is 1.57 bits per heavy atom. The summed E-state index contributed by atoms with van der Waals surface area (Å²) in [5.74, 6) is -0.953. The number of rotatable bonds is 3. The van der Waals surface area contributed by atoms with E-state index in [1.807, 2.05) is 31.2 Å². The molecule has 2 aliphatic rings. The Morgan fingerprint density at radius 3 is 2.27 bits per heavy atom. The standard InChI is InChI=1S/C28H25F3N4O2/c1-19-18-21(10-11-23(19)35-13-5-7-20-6-2-3-9-24(20)35)26(36)33-14-16-34(17-15-33)27(37)25-22(28(29,30)31)8-4-12-32-25/h2-12,18H,13-17H2,1H3. The Kier molecular flexibility index (Phi) is 6.45. The lowest BCUT2D eigenvalue weighted by molar-refractivity contribution is -0.138. The number of hydrogen-bond acceptors (Lipinski definition) is 4. The first kappa shape index (κ1) is 24.5. The van der Waals surface area contributed by atoms with Crippen molar-refractivity contribution >= 4 is 29.3 Å². The number of amides is 2. The molecule has 2 aromatic carbocycles. The zero-order valence-electron chi connectivity index (χ0n) is 20.2. The van der Waals surface area contributed by atoms with Crippen LogP contribution < -0.4 is 4.90 Å². The van der Waals surface area contributed by atoms with Gasteiger partial charge in [-0.25, -0.2) is 0 Å². The minimum Gasteiger partial charge on any atom is -0.337 e. The average molecular weight is 507 g/mol. The Morgan fingerprint density at radius 1 is 0.865 bits per heavy atom. The molecule has 0 bridgehead atoms. The molecule has 6 nitrogen and oxygen atoms in total. The van der Waals surface area contributed by atoms with Crippen LogP contribution in [0.15, 0.2) is 66.9 Å². The van der Waals surface area contributed by atoms with E-state index in [1.165, 1.54) is 11.1 Å². The molecule has 0 atom stereocenters. The number of pyridine rings is 1. The molecule has 2 amide bonds. The molecule has 0 aliphatic carbocycles. The van der Waals surface area contributed by atoms with Gasteiger partial charge in [-0.1, -0.05) is 30.4 Å². The van der Waals surface area contributed by atoms with Crippen molar-refractivity contribution in [3.63, 3.8) is 0 Å². The highest BCUT2D eigenvalue weighted by molar-refractivity contribution is 5.96. The predicted octanol–water partition coefficient (Wildman–Crippen LogP) is 5.17. The summed E-state index contributed by atoms with van der Waals surface area (Å²) < 4.78 is 39.9. The maximum atomic E-state index is 13.3. The van der Waals surface area contributed by atoms with Gasteiger partial charge < -0.3 is 14.7 Å². The van der Waals surface area contributed by atoms with Crippen molar-refractivity contribution in [2.75, 3.05) is 37.6 Å². The number of aryl methyl sites for hydroxylation is 1. The molecule has 3 heterocycles. The second kappa shape index (κ2) is 9.72. The van der Waals surface area contributed by atoms with E-state index in [-0.39, 0.29) is 32.1 Å². The second-order valence-corrected chi connectivity index (χ2v) is 9.05. The normalized spacial score (nSPS) is 15.5. The van der Waals surface area contributed by atoms with E-state index in [9.17, 15) is 22.8 Å². The van der Waals surface area contributed by atoms with Gasteiger partial charge in [-0.2, -0.15) is 13.2 Å². The zero-order chi connectivity index (χ0) is 26.2. The lowest BCUT2D eigenvalue weighted by atomic mass is 10.0. The molecule has 37 heavy (non-hydrogen) atoms. The molecule has 0 saturated carbocycles. The predicted molar refractivity (Wildman–Crippen MR) is 135 cm³/mol. The van der Waals surface area contributed by atoms with E-state index in [2.05, 4.69) is 34.2 Å². The summed E-state index contributed by atoms with van der Waals surface area (Å²) in [5, 5.41) is 0. The number of benzene rings is 2. The molecule has 0 unspecified atom stereocenters. The number of anilines is 2. The van der Waals surface area contributed by atoms with E-state index in [0.717, 1.165) is 41.2 Å². The zero-order valence-corrected chi connectivity index (χ0v) is 20.2. The first-order valence-electron chi connectivity index (χ1n) is 12.0. The Hall–Kier alpha value is -4.14. The fraction of sp³-hybridized carbons (Fsp3) is 0.250. The molecule has 1 fully saturated rings. The van der Waals surface area contributed by atoms with Crippen molar-refractivity contribution in [2.45, 2.75) is 13.1 Å². The number of halogens is 3. The highest BCUT2D eigenvalue weighted by atomic mass is 19.4. The third-order valence-corrected chi connectivity index (χ3v) is 6.72. The lowest BCUT2D eigenvalue weighted by Gasteiger charge is -2.35. The summed E-state index contributed by atoms with van der Waals surface area (Å²) in [6.45, 7) is 3.41. The Balaban J connectivity index is 1.27. The maximum Gasteiger partial charge on any atom is 0.418 e. The molecule has 0 N–H and O–H groups in total. The van der Waals surface area contributed by atoms with Crippen LogP contribution in [0.5, 0.6) is 0 Å². The lowest BCUT2D eigenvalue weighted by Crippen LogP contribution is -2.51. The van der Waals surface area contributed by atoms with Crippen LogP contribution in [0.2, 0.25) is 0 Å². The van der Waals surface area contributed by atoms with Crippen LogP contribution in [0.3, 0.4) is 0 Å². The second-order valence-electron chi connectivity index (χ2n) is 9.05. The van der Waals surface area contributed by atoms with Crippen molar-refractivity contribution in [3.05, 3.63) is 94.8 Å². The average Bonchev–Trinajstić information content (AvgIpc) is 2.91. The van der Waals surface area contributed by atoms with Gasteiger partial charge in [0.2, 0.25) is 0 Å². The van der Waals surface area contributed by atoms with Crippen LogP contribution in [-0.4, -0.2) is 59.3 Å². The van der Waals surface area contributed by atoms with Crippen LogP contribution in [0.1, 0.15) is 37.5 Å². The minimum absolute atomic E-state index is 0.131. The highest BCUT2D eigenvalue weighted by Crippen LogP contribution is 2.35. The van der Waals surface area contributed by atoms with Gasteiger partial charge in [0, 0.05) is 55.9 Å². The number of fused-ring (bicyclic) bond motifs is 1. The summed E-state index contributed by atoms with van der Waals surface area (Å²) in [5.41, 5.74) is 3.07. The molecule has 0 spiro atoms. The first-order chi connectivity index (χ1) is 17.7. The van der Waals surface area contributed by atoms with E-state index in [0.29, 0.717) is 5.56 Å². The molecule has 3 aromatic rings. The molecule has 1 saturated heterocycles. The van der Waals surface area contributed by atoms with Crippen LogP contribution in [0.4, 0.5) is 24.5 Å². The van der Waals surface area contributed by atoms with Crippen molar-refractivity contribution < 1.29 is 22.8 Å². The number of alkyl halides is 3. The topological polar surface area (TPSA) is 56.8 Å². The van der Waals surface area contributed by atoms with Gasteiger partial charge in [0.25, 0.3) is 11.8 Å². The van der Waals surface area contributed by atoms with Crippen LogP contribution in [0.25, 0.3) is 6.08 Å². The fourth-order valence-electron chi connectivity index (χ4n) is 4.83. The monoisotopic (exact) mass is 506 g/mol. The van der Waals surface area contributed by atoms with Gasteiger partial charge in [0.15, 0.2) is 0 Å². The van der Waals surface area contributed by atoms with Crippen LogP contribution in [-0.2, 0) is 6.18 Å². The number of piperazine rings is 1. The SMILES string of the molecule is Cc1cc(C(=O)N2CCN(C(=O)c3ncccc3C(F)(F)F)CC2)ccc1N1CC=Cc2ccccc21. The van der Waals surface area contributed by atoms with E-state index in [1.54, 1.807) is 11.0 Å². The van der Waals surface area contributed by atoms with E-state index >= 15 is 0 Å². The Labute approximate surface area is 212 Å². The number of para-hydroxylation sites is 1. The van der Waals surface area contributed by atoms with Crippen LogP contribution >= 0.6 is 0 Å². The summed E-state index contributed by atoms with van der Waals surface area (Å²) in [6.07, 6.45) is 0.701. The maximum absolute atomic E-state index is 13.3. The van der Waals surface area contributed by atoms with Gasteiger partial charge in [0.05, 0.1) is 5.56 Å². The van der Waals surface area contributed by atoms with Gasteiger partial charge in [0.1, 0.15) is 5.69 Å². The van der Waals surface area contributed by atoms with Crippen molar-refractivity contribution in [2.24, 2.45) is 0 Å². The molecular weight excluding hydrogens is 481 g/mol. The number of carbonyl (C=O) groups excluding carboxylic acids is 2. The number of hydrogen-bond donors (Lipinski definition) is 0. The van der Waals surface area contributed by atoms with E-state index in [4.69, 9.17) is 0 Å². The summed E-state index contributed by atoms with van der Waals surface area (Å²) in [4.78, 5) is 34.8.